The van der Waals surface area contributed by atoms with E-state index in [-0.39, 0.29) is 24.5 Å². The van der Waals surface area contributed by atoms with E-state index in [1.165, 1.54) is 4.90 Å². The summed E-state index contributed by atoms with van der Waals surface area (Å²) in [6.07, 6.45) is 5.64. The van der Waals surface area contributed by atoms with Gasteiger partial charge in [-0.2, -0.15) is 0 Å². The third-order valence-corrected chi connectivity index (χ3v) is 3.88. The molecule has 0 heterocycles. The average molecular weight is 339 g/mol. The smallest absolute Gasteiger partial charge is 0.411 e. The largest absolute Gasteiger partial charge is 0.461 e. The Morgan fingerprint density at radius 1 is 1.25 bits per heavy atom. The second-order valence-electron chi connectivity index (χ2n) is 7.91. The fourth-order valence-corrected chi connectivity index (χ4v) is 2.83. The Bertz CT molecular complexity index is 433. The molecule has 1 aliphatic carbocycles. The van der Waals surface area contributed by atoms with Crippen molar-refractivity contribution in [3.8, 4) is 0 Å². The van der Waals surface area contributed by atoms with E-state index in [2.05, 4.69) is 6.58 Å². The van der Waals surface area contributed by atoms with Gasteiger partial charge in [0.15, 0.2) is 0 Å². The van der Waals surface area contributed by atoms with Gasteiger partial charge >= 0.3 is 12.1 Å². The molecule has 1 saturated carbocycles. The van der Waals surface area contributed by atoms with Crippen LogP contribution in [0.25, 0.3) is 0 Å². The molecule has 0 saturated heterocycles. The molecule has 1 atom stereocenters. The monoisotopic (exact) mass is 339 g/mol. The van der Waals surface area contributed by atoms with Crippen molar-refractivity contribution in [1.82, 2.24) is 4.90 Å². The Morgan fingerprint density at radius 2 is 1.83 bits per heavy atom. The van der Waals surface area contributed by atoms with Gasteiger partial charge in [0, 0.05) is 6.54 Å². The summed E-state index contributed by atoms with van der Waals surface area (Å²) in [6.45, 7) is 13.4. The van der Waals surface area contributed by atoms with Crippen molar-refractivity contribution in [2.24, 2.45) is 5.92 Å². The Kier molecular flexibility index (Phi) is 7.77. The molecule has 0 aromatic carbocycles. The lowest BCUT2D eigenvalue weighted by molar-refractivity contribution is -0.155. The van der Waals surface area contributed by atoms with Crippen LogP contribution in [0.2, 0.25) is 0 Å². The fourth-order valence-electron chi connectivity index (χ4n) is 2.83. The predicted octanol–water partition coefficient (Wildman–Crippen LogP) is 4.31. The normalized spacial score (nSPS) is 16.8. The third kappa shape index (κ3) is 6.93. The first-order valence-electron chi connectivity index (χ1n) is 8.95. The minimum Gasteiger partial charge on any atom is -0.461 e. The zero-order valence-electron chi connectivity index (χ0n) is 15.8. The standard InChI is InChI=1S/C19H33NO4/c1-7-12-20(18(22)24-19(4,5)6)16(13-14(2)3)17(21)23-15-10-8-9-11-15/h7,14-16H,1,8-13H2,2-6H3/t16-/m0/s1. The number of hydrogen-bond donors (Lipinski definition) is 0. The molecule has 0 spiro atoms. The van der Waals surface area contributed by atoms with Gasteiger partial charge in [-0.3, -0.25) is 4.90 Å². The van der Waals surface area contributed by atoms with Crippen LogP contribution in [0, 0.1) is 5.92 Å². The molecule has 5 nitrogen and oxygen atoms in total. The Balaban J connectivity index is 2.91. The van der Waals surface area contributed by atoms with Crippen molar-refractivity contribution in [1.29, 1.82) is 0 Å². The van der Waals surface area contributed by atoms with E-state index in [1.54, 1.807) is 6.08 Å². The van der Waals surface area contributed by atoms with E-state index in [0.29, 0.717) is 6.42 Å². The number of amides is 1. The molecular formula is C19H33NO4. The van der Waals surface area contributed by atoms with E-state index in [4.69, 9.17) is 9.47 Å². The van der Waals surface area contributed by atoms with E-state index >= 15 is 0 Å². The minimum atomic E-state index is -0.640. The Morgan fingerprint density at radius 3 is 2.29 bits per heavy atom. The molecule has 0 unspecified atom stereocenters. The van der Waals surface area contributed by atoms with Crippen LogP contribution < -0.4 is 0 Å². The first-order chi connectivity index (χ1) is 11.1. The molecule has 1 amide bonds. The lowest BCUT2D eigenvalue weighted by Crippen LogP contribution is -2.49. The second kappa shape index (κ2) is 9.09. The molecule has 0 radical (unpaired) electrons. The van der Waals surface area contributed by atoms with E-state index < -0.39 is 17.7 Å². The zero-order valence-corrected chi connectivity index (χ0v) is 15.8. The molecule has 0 N–H and O–H groups in total. The number of carbonyl (C=O) groups is 2. The molecule has 0 aliphatic heterocycles. The van der Waals surface area contributed by atoms with Crippen LogP contribution in [-0.4, -0.2) is 41.3 Å². The van der Waals surface area contributed by atoms with Gasteiger partial charge in [-0.1, -0.05) is 19.9 Å². The SMILES string of the molecule is C=CCN(C(=O)OC(C)(C)C)[C@@H](CC(C)C)C(=O)OC1CCCC1. The summed E-state index contributed by atoms with van der Waals surface area (Å²) < 4.78 is 11.1. The van der Waals surface area contributed by atoms with Gasteiger partial charge in [-0.15, -0.1) is 6.58 Å². The maximum absolute atomic E-state index is 12.7. The number of hydrogen-bond acceptors (Lipinski definition) is 4. The van der Waals surface area contributed by atoms with Crippen molar-refractivity contribution in [2.45, 2.75) is 84.5 Å². The van der Waals surface area contributed by atoms with Gasteiger partial charge in [-0.05, 0) is 58.8 Å². The summed E-state index contributed by atoms with van der Waals surface area (Å²) in [5.74, 6) is -0.0795. The van der Waals surface area contributed by atoms with Crippen LogP contribution in [0.4, 0.5) is 4.79 Å². The van der Waals surface area contributed by atoms with Gasteiger partial charge in [0.1, 0.15) is 17.7 Å². The van der Waals surface area contributed by atoms with Crippen molar-refractivity contribution in [3.63, 3.8) is 0 Å². The summed E-state index contributed by atoms with van der Waals surface area (Å²) in [6, 6.07) is -0.640. The summed E-state index contributed by atoms with van der Waals surface area (Å²) in [5, 5.41) is 0. The molecule has 0 aromatic heterocycles. The summed E-state index contributed by atoms with van der Waals surface area (Å²) >= 11 is 0. The Labute approximate surface area is 146 Å². The fraction of sp³-hybridized carbons (Fsp3) is 0.789. The van der Waals surface area contributed by atoms with Crippen LogP contribution in [0.5, 0.6) is 0 Å². The molecular weight excluding hydrogens is 306 g/mol. The molecule has 0 bridgehead atoms. The van der Waals surface area contributed by atoms with Crippen molar-refractivity contribution in [3.05, 3.63) is 12.7 Å². The topological polar surface area (TPSA) is 55.8 Å². The van der Waals surface area contributed by atoms with Crippen LogP contribution >= 0.6 is 0 Å². The number of nitrogens with zero attached hydrogens (tertiary/aromatic N) is 1. The number of esters is 1. The van der Waals surface area contributed by atoms with Crippen LogP contribution in [0.3, 0.4) is 0 Å². The second-order valence-corrected chi connectivity index (χ2v) is 7.91. The van der Waals surface area contributed by atoms with E-state index in [1.807, 2.05) is 34.6 Å². The predicted molar refractivity (Wildman–Crippen MR) is 94.7 cm³/mol. The molecule has 1 aliphatic rings. The van der Waals surface area contributed by atoms with Gasteiger partial charge in [0.25, 0.3) is 0 Å². The Hall–Kier alpha value is -1.52. The van der Waals surface area contributed by atoms with E-state index in [9.17, 15) is 9.59 Å². The van der Waals surface area contributed by atoms with Crippen molar-refractivity contribution in [2.75, 3.05) is 6.54 Å². The van der Waals surface area contributed by atoms with Crippen molar-refractivity contribution >= 4 is 12.1 Å². The summed E-state index contributed by atoms with van der Waals surface area (Å²) in [4.78, 5) is 26.7. The summed E-state index contributed by atoms with van der Waals surface area (Å²) in [5.41, 5.74) is -0.617. The number of ether oxygens (including phenoxy) is 2. The lowest BCUT2D eigenvalue weighted by atomic mass is 10.0. The highest BCUT2D eigenvalue weighted by atomic mass is 16.6. The first kappa shape index (κ1) is 20.5. The molecule has 1 rings (SSSR count). The van der Waals surface area contributed by atoms with Gasteiger partial charge in [-0.25, -0.2) is 9.59 Å². The minimum absolute atomic E-state index is 0.0172. The lowest BCUT2D eigenvalue weighted by Gasteiger charge is -2.33. The molecule has 24 heavy (non-hydrogen) atoms. The van der Waals surface area contributed by atoms with Crippen LogP contribution in [-0.2, 0) is 14.3 Å². The average Bonchev–Trinajstić information content (AvgIpc) is 2.93. The highest BCUT2D eigenvalue weighted by Gasteiger charge is 2.35. The van der Waals surface area contributed by atoms with Crippen LogP contribution in [0.15, 0.2) is 12.7 Å². The first-order valence-corrected chi connectivity index (χ1v) is 8.95. The van der Waals surface area contributed by atoms with Gasteiger partial charge < -0.3 is 9.47 Å². The third-order valence-electron chi connectivity index (χ3n) is 3.88. The molecule has 138 valence electrons. The van der Waals surface area contributed by atoms with E-state index in [0.717, 1.165) is 25.7 Å². The van der Waals surface area contributed by atoms with Crippen molar-refractivity contribution < 1.29 is 19.1 Å². The van der Waals surface area contributed by atoms with Crippen LogP contribution in [0.1, 0.15) is 66.7 Å². The molecule has 5 heteroatoms. The molecule has 0 aromatic rings. The summed E-state index contributed by atoms with van der Waals surface area (Å²) in [7, 11) is 0. The number of rotatable bonds is 7. The maximum atomic E-state index is 12.7. The van der Waals surface area contributed by atoms with Gasteiger partial charge in [0.05, 0.1) is 0 Å². The zero-order chi connectivity index (χ0) is 18.3. The highest BCUT2D eigenvalue weighted by molar-refractivity contribution is 5.81. The highest BCUT2D eigenvalue weighted by Crippen LogP contribution is 2.24. The molecule has 1 fully saturated rings. The number of carbonyl (C=O) groups excluding carboxylic acids is 2. The quantitative estimate of drug-likeness (QED) is 0.512. The maximum Gasteiger partial charge on any atom is 0.411 e. The van der Waals surface area contributed by atoms with Gasteiger partial charge in [0.2, 0.25) is 0 Å².